The molecule has 0 fully saturated rings. The van der Waals surface area contributed by atoms with Crippen LogP contribution in [0, 0.1) is 0 Å². The predicted molar refractivity (Wildman–Crippen MR) is 200 cm³/mol. The van der Waals surface area contributed by atoms with Gasteiger partial charge in [-0.05, 0) is 83.9 Å². The fourth-order valence-electron chi connectivity index (χ4n) is 7.14. The van der Waals surface area contributed by atoms with Gasteiger partial charge in [-0.15, -0.1) is 0 Å². The zero-order chi connectivity index (χ0) is 31.3. The van der Waals surface area contributed by atoms with Gasteiger partial charge in [0.2, 0.25) is 0 Å². The Hall–Kier alpha value is -6.32. The van der Waals surface area contributed by atoms with Gasteiger partial charge in [0.05, 0.1) is 22.1 Å². The molecule has 9 aromatic rings. The van der Waals surface area contributed by atoms with Crippen molar-refractivity contribution in [2.24, 2.45) is 0 Å². The second-order valence-electron chi connectivity index (χ2n) is 11.9. The zero-order valence-corrected chi connectivity index (χ0v) is 25.8. The molecule has 47 heavy (non-hydrogen) atoms. The van der Waals surface area contributed by atoms with E-state index in [0.29, 0.717) is 0 Å². The summed E-state index contributed by atoms with van der Waals surface area (Å²) in [5.74, 6) is 0. The highest BCUT2D eigenvalue weighted by molar-refractivity contribution is 6.19. The van der Waals surface area contributed by atoms with E-state index < -0.39 is 0 Å². The third-order valence-electron chi connectivity index (χ3n) is 9.30. The van der Waals surface area contributed by atoms with Gasteiger partial charge in [-0.1, -0.05) is 104 Å². The van der Waals surface area contributed by atoms with Gasteiger partial charge < -0.3 is 14.0 Å². The lowest BCUT2D eigenvalue weighted by atomic mass is 10.0. The van der Waals surface area contributed by atoms with Crippen LogP contribution in [0.25, 0.3) is 66.6 Å². The van der Waals surface area contributed by atoms with Crippen molar-refractivity contribution in [2.45, 2.75) is 0 Å². The van der Waals surface area contributed by atoms with Crippen LogP contribution in [0.1, 0.15) is 0 Å². The molecule has 3 heteroatoms. The Bertz CT molecular complexity index is 2520. The average molecular weight is 602 g/mol. The summed E-state index contributed by atoms with van der Waals surface area (Å²) in [5.41, 5.74) is 11.6. The van der Waals surface area contributed by atoms with E-state index in [1.165, 1.54) is 54.7 Å². The molecule has 0 aliphatic heterocycles. The van der Waals surface area contributed by atoms with Crippen molar-refractivity contribution < 1.29 is 0 Å². The largest absolute Gasteiger partial charge is 0.317 e. The van der Waals surface area contributed by atoms with Crippen molar-refractivity contribution in [1.82, 2.24) is 9.13 Å². The Morgan fingerprint density at radius 3 is 1.49 bits per heavy atom. The second-order valence-corrected chi connectivity index (χ2v) is 11.9. The van der Waals surface area contributed by atoms with Gasteiger partial charge in [0.1, 0.15) is 0 Å². The van der Waals surface area contributed by atoms with Gasteiger partial charge >= 0.3 is 0 Å². The van der Waals surface area contributed by atoms with Crippen molar-refractivity contribution in [3.63, 3.8) is 0 Å². The van der Waals surface area contributed by atoms with Crippen LogP contribution in [0.3, 0.4) is 0 Å². The molecular formula is C44H31N3. The monoisotopic (exact) mass is 601 g/mol. The Balaban J connectivity index is 1.13. The Morgan fingerprint density at radius 2 is 0.872 bits per heavy atom. The van der Waals surface area contributed by atoms with Crippen molar-refractivity contribution in [2.75, 3.05) is 4.90 Å². The van der Waals surface area contributed by atoms with Crippen molar-refractivity contribution >= 4 is 66.9 Å². The van der Waals surface area contributed by atoms with E-state index in [9.17, 15) is 0 Å². The van der Waals surface area contributed by atoms with Crippen molar-refractivity contribution in [3.05, 3.63) is 176 Å². The van der Waals surface area contributed by atoms with Gasteiger partial charge in [0.15, 0.2) is 0 Å². The fourth-order valence-corrected chi connectivity index (χ4v) is 7.14. The molecule has 0 radical (unpaired) electrons. The molecule has 9 rings (SSSR count). The van der Waals surface area contributed by atoms with E-state index in [2.05, 4.69) is 190 Å². The summed E-state index contributed by atoms with van der Waals surface area (Å²) >= 11 is 0. The smallest absolute Gasteiger partial charge is 0.0548 e. The number of hydrogen-bond donors (Lipinski definition) is 0. The van der Waals surface area contributed by atoms with E-state index in [1.54, 1.807) is 0 Å². The molecule has 0 bridgehead atoms. The SMILES string of the molecule is C=Cn1c2ccccc2c2cc3c(cc21)c1ccccc1n3-c1ccc(-c2ccc(N(c3ccccc3)c3ccccc3)cc2)cc1. The van der Waals surface area contributed by atoms with E-state index in [4.69, 9.17) is 0 Å². The second kappa shape index (κ2) is 10.9. The average Bonchev–Trinajstić information content (AvgIpc) is 3.64. The lowest BCUT2D eigenvalue weighted by Crippen LogP contribution is -2.09. The van der Waals surface area contributed by atoms with Gasteiger partial charge in [-0.3, -0.25) is 0 Å². The number of aromatic nitrogens is 2. The van der Waals surface area contributed by atoms with Crippen LogP contribution in [0.5, 0.6) is 0 Å². The molecule has 0 aliphatic rings. The Labute approximate surface area is 273 Å². The van der Waals surface area contributed by atoms with Gasteiger partial charge in [-0.25, -0.2) is 0 Å². The minimum atomic E-state index is 1.12. The van der Waals surface area contributed by atoms with Crippen LogP contribution in [-0.2, 0) is 0 Å². The van der Waals surface area contributed by atoms with Gasteiger partial charge in [0, 0.05) is 50.5 Å². The van der Waals surface area contributed by atoms with E-state index >= 15 is 0 Å². The van der Waals surface area contributed by atoms with Crippen LogP contribution < -0.4 is 4.90 Å². The standard InChI is InChI=1S/C44H31N3/c1-2-45-41-19-11-9-17-37(41)39-30-44-40(29-43(39)45)38-18-10-12-20-42(38)47(44)36-27-23-32(24-28-36)31-21-25-35(26-22-31)46(33-13-5-3-6-14-33)34-15-7-4-8-16-34/h2-30H,1H2. The Kier molecular flexibility index (Phi) is 6.29. The first kappa shape index (κ1) is 27.0. The maximum atomic E-state index is 4.13. The number of benzene rings is 7. The normalized spacial score (nSPS) is 11.5. The van der Waals surface area contributed by atoms with E-state index in [1.807, 2.05) is 6.20 Å². The molecule has 0 amide bonds. The van der Waals surface area contributed by atoms with Crippen LogP contribution in [0.15, 0.2) is 176 Å². The zero-order valence-electron chi connectivity index (χ0n) is 25.8. The summed E-state index contributed by atoms with van der Waals surface area (Å²) in [5, 5.41) is 4.94. The number of nitrogens with zero attached hydrogens (tertiary/aromatic N) is 3. The Morgan fingerprint density at radius 1 is 0.404 bits per heavy atom. The molecule has 0 N–H and O–H groups in total. The highest BCUT2D eigenvalue weighted by atomic mass is 15.1. The number of anilines is 3. The summed E-state index contributed by atoms with van der Waals surface area (Å²) in [6.07, 6.45) is 1.92. The first-order valence-electron chi connectivity index (χ1n) is 16.0. The molecule has 222 valence electrons. The summed E-state index contributed by atoms with van der Waals surface area (Å²) in [6.45, 7) is 4.13. The minimum absolute atomic E-state index is 1.12. The number of rotatable bonds is 6. The molecule has 0 unspecified atom stereocenters. The third-order valence-corrected chi connectivity index (χ3v) is 9.30. The molecule has 7 aromatic carbocycles. The summed E-state index contributed by atoms with van der Waals surface area (Å²) < 4.78 is 4.60. The number of fused-ring (bicyclic) bond motifs is 6. The lowest BCUT2D eigenvalue weighted by molar-refractivity contribution is 1.18. The summed E-state index contributed by atoms with van der Waals surface area (Å²) in [6, 6.07) is 60.8. The van der Waals surface area contributed by atoms with E-state index in [-0.39, 0.29) is 0 Å². The molecule has 0 saturated heterocycles. The van der Waals surface area contributed by atoms with E-state index in [0.717, 1.165) is 22.7 Å². The fraction of sp³-hybridized carbons (Fsp3) is 0. The minimum Gasteiger partial charge on any atom is -0.317 e. The first-order valence-corrected chi connectivity index (χ1v) is 16.0. The maximum Gasteiger partial charge on any atom is 0.0548 e. The van der Waals surface area contributed by atoms with Gasteiger partial charge in [-0.2, -0.15) is 0 Å². The topological polar surface area (TPSA) is 13.1 Å². The highest BCUT2D eigenvalue weighted by Crippen LogP contribution is 2.39. The number of hydrogen-bond acceptors (Lipinski definition) is 1. The first-order chi connectivity index (χ1) is 23.3. The van der Waals surface area contributed by atoms with Crippen LogP contribution in [0.4, 0.5) is 17.1 Å². The molecular weight excluding hydrogens is 571 g/mol. The molecule has 0 aliphatic carbocycles. The van der Waals surface area contributed by atoms with Crippen LogP contribution in [0.2, 0.25) is 0 Å². The predicted octanol–water partition coefficient (Wildman–Crippen LogP) is 12.1. The molecule has 2 heterocycles. The molecule has 0 spiro atoms. The van der Waals surface area contributed by atoms with Crippen LogP contribution in [-0.4, -0.2) is 9.13 Å². The molecule has 0 saturated carbocycles. The molecule has 2 aromatic heterocycles. The quantitative estimate of drug-likeness (QED) is 0.185. The summed E-state index contributed by atoms with van der Waals surface area (Å²) in [4.78, 5) is 2.29. The van der Waals surface area contributed by atoms with Crippen LogP contribution >= 0.6 is 0 Å². The van der Waals surface area contributed by atoms with Gasteiger partial charge in [0.25, 0.3) is 0 Å². The molecule has 3 nitrogen and oxygen atoms in total. The summed E-state index contributed by atoms with van der Waals surface area (Å²) in [7, 11) is 0. The maximum absolute atomic E-state index is 4.13. The van der Waals surface area contributed by atoms with Crippen molar-refractivity contribution in [3.8, 4) is 16.8 Å². The molecule has 0 atom stereocenters. The third kappa shape index (κ3) is 4.36. The van der Waals surface area contributed by atoms with Crippen molar-refractivity contribution in [1.29, 1.82) is 0 Å². The highest BCUT2D eigenvalue weighted by Gasteiger charge is 2.17. The number of para-hydroxylation sites is 4. The lowest BCUT2D eigenvalue weighted by Gasteiger charge is -2.25.